The predicted octanol–water partition coefficient (Wildman–Crippen LogP) is -0.928. The van der Waals surface area contributed by atoms with Gasteiger partial charge in [0.05, 0.1) is 45.8 Å². The Kier molecular flexibility index (Phi) is 74.1. The van der Waals surface area contributed by atoms with E-state index in [-0.39, 0.29) is 112 Å². The summed E-state index contributed by atoms with van der Waals surface area (Å²) in [4.78, 5) is 177. The number of carbonyl (C=O) groups is 16. The van der Waals surface area contributed by atoms with Crippen LogP contribution < -0.4 is 59.7 Å². The summed E-state index contributed by atoms with van der Waals surface area (Å²) in [5, 5.41) is 20.7. The van der Waals surface area contributed by atoms with Crippen LogP contribution in [0.2, 0.25) is 0 Å². The van der Waals surface area contributed by atoms with Crippen molar-refractivity contribution in [3.05, 3.63) is 29.8 Å². The molecule has 16 amide bonds. The number of hydrogen-bond acceptors (Lipinski definition) is 17. The number of nitrogens with one attached hydrogen (secondary N) is 8. The van der Waals surface area contributed by atoms with E-state index in [2.05, 4.69) is 62.1 Å². The zero-order valence-corrected chi connectivity index (χ0v) is 57.7. The summed E-state index contributed by atoms with van der Waals surface area (Å²) in [5.74, 6) is -2.09. The first-order valence-corrected chi connectivity index (χ1v) is 29.7. The van der Waals surface area contributed by atoms with Gasteiger partial charge in [-0.3, -0.25) is 71.9 Å². The molecule has 0 heterocycles. The molecule has 0 spiro atoms. The van der Waals surface area contributed by atoms with Crippen molar-refractivity contribution >= 4 is 103 Å². The zero-order valence-electron chi connectivity index (χ0n) is 57.7. The van der Waals surface area contributed by atoms with Gasteiger partial charge >= 0.3 is 6.09 Å². The van der Waals surface area contributed by atoms with Crippen LogP contribution in [0.1, 0.15) is 134 Å². The van der Waals surface area contributed by atoms with E-state index >= 15 is 0 Å². The third-order valence-electron chi connectivity index (χ3n) is 9.15. The highest BCUT2D eigenvalue weighted by Gasteiger charge is 2.18. The van der Waals surface area contributed by atoms with Crippen LogP contribution in [-0.4, -0.2) is 235 Å². The Morgan fingerprint density at radius 2 is 0.859 bits per heavy atom. The van der Waals surface area contributed by atoms with Gasteiger partial charge in [0.1, 0.15) is 6.10 Å². The Morgan fingerprint density at radius 1 is 0.511 bits per heavy atom. The highest BCUT2D eigenvalue weighted by Crippen LogP contribution is 2.19. The molecule has 0 saturated carbocycles. The number of amides is 16. The molecule has 1 aromatic carbocycles. The van der Waals surface area contributed by atoms with Gasteiger partial charge in [0.15, 0.2) is 0 Å². The van der Waals surface area contributed by atoms with Crippen molar-refractivity contribution in [3.8, 4) is 0 Å². The van der Waals surface area contributed by atoms with E-state index in [9.17, 15) is 76.7 Å². The lowest BCUT2D eigenvalue weighted by Gasteiger charge is -2.18. The van der Waals surface area contributed by atoms with Crippen LogP contribution in [0.25, 0.3) is 0 Å². The lowest BCUT2D eigenvalue weighted by Crippen LogP contribution is -2.43. The summed E-state index contributed by atoms with van der Waals surface area (Å²) in [6.45, 7) is 27.1. The number of ether oxygens (including phenoxy) is 1. The topological polar surface area (TPSA) is 473 Å². The number of nitrogens with zero attached hydrogens (tertiary/aromatic N) is 5. The van der Waals surface area contributed by atoms with E-state index < -0.39 is 29.9 Å². The van der Waals surface area contributed by atoms with Crippen molar-refractivity contribution in [2.45, 2.75) is 134 Å². The minimum absolute atomic E-state index is 0.0104. The molecule has 0 bridgehead atoms. The molecule has 92 heavy (non-hydrogen) atoms. The third-order valence-corrected chi connectivity index (χ3v) is 9.15. The fourth-order valence-corrected chi connectivity index (χ4v) is 5.47. The number of rotatable bonds is 33. The molecule has 530 valence electrons. The second kappa shape index (κ2) is 69.0. The first kappa shape index (κ1) is 98.8. The smallest absolute Gasteiger partial charge is 0.405 e. The van der Waals surface area contributed by atoms with Gasteiger partial charge in [-0.2, -0.15) is 0 Å². The number of nitrogens with two attached hydrogens (primary N) is 3. The van der Waals surface area contributed by atoms with Gasteiger partial charge in [-0.05, 0) is 71.6 Å². The lowest BCUT2D eigenvalue weighted by atomic mass is 10.1. The van der Waals surface area contributed by atoms with E-state index in [0.29, 0.717) is 81.8 Å². The monoisotopic (exact) mass is 1320 g/mol. The maximum atomic E-state index is 12.1. The van der Waals surface area contributed by atoms with Gasteiger partial charge in [0, 0.05) is 99.3 Å². The number of anilines is 1. The van der Waals surface area contributed by atoms with E-state index in [1.165, 1.54) is 51.9 Å². The number of benzene rings is 1. The summed E-state index contributed by atoms with van der Waals surface area (Å²) >= 11 is 0. The van der Waals surface area contributed by atoms with Gasteiger partial charge in [0.2, 0.25) is 91.1 Å². The molecule has 1 atom stereocenters. The van der Waals surface area contributed by atoms with Crippen molar-refractivity contribution in [1.29, 1.82) is 0 Å². The highest BCUT2D eigenvalue weighted by molar-refractivity contribution is 5.88. The maximum Gasteiger partial charge on any atom is 0.405 e. The van der Waals surface area contributed by atoms with Gasteiger partial charge < -0.3 is 89.0 Å². The average Bonchev–Trinajstić information content (AvgIpc) is 1.05. The maximum absolute atomic E-state index is 12.1. The van der Waals surface area contributed by atoms with E-state index in [4.69, 9.17) is 16.2 Å². The van der Waals surface area contributed by atoms with Crippen LogP contribution in [0.5, 0.6) is 0 Å². The standard InChI is InChI=1S/C22H32N6O7.C8H17NO.3C6H12N2O2.C4H8N2O2.C3H8.C2H5NO.C2H6/c1-3-24-20(32)13-28(2)21(33)12-26-19(31)6-4-5-18(30)25-11-17(35-22(23)34)15-7-9-16(10-8-15)27-14-29;1-6(2)5-8(10)9-7(3)4;3*1-3-7-6(10)4-8(2)5-9;1-6(3-7)2-4(5)8;1-3-2;1-2(3)4;1-2/h7-10,14,17H,3-6,11-13H2,1-2H3,(H2,23,34)(H,24,32)(H,25,30)(H,26,31)(H,27,29);6-7H,5H2,1-4H3,(H,9,10);3*5H,3-4H2,1-2H3,(H,7,10);3H,2H2,1H3,(H2,5,8);3H2,1-2H3;1H3,(H2,3,4);1-2H3. The number of carbonyl (C=O) groups excluding carboxylic acids is 16. The Balaban J connectivity index is -0.000000169. The number of hydrogen-bond donors (Lipinski definition) is 11. The fourth-order valence-electron chi connectivity index (χ4n) is 5.47. The van der Waals surface area contributed by atoms with Crippen molar-refractivity contribution < 1.29 is 81.4 Å². The molecule has 1 unspecified atom stereocenters. The molecular weight excluding hydrogens is 1200 g/mol. The first-order chi connectivity index (χ1) is 43.1. The quantitative estimate of drug-likeness (QED) is 0.0379. The van der Waals surface area contributed by atoms with Crippen LogP contribution in [-0.2, 0) is 76.7 Å². The summed E-state index contributed by atoms with van der Waals surface area (Å²) in [7, 11) is 7.62. The molecule has 0 aromatic heterocycles. The van der Waals surface area contributed by atoms with Crippen LogP contribution in [0.3, 0.4) is 0 Å². The zero-order chi connectivity index (χ0) is 73.2. The Bertz CT molecular complexity index is 2140. The third kappa shape index (κ3) is 80.5. The molecule has 0 aliphatic rings. The summed E-state index contributed by atoms with van der Waals surface area (Å²) in [6.07, 6.45) is 3.25. The van der Waals surface area contributed by atoms with E-state index in [1.807, 2.05) is 62.3 Å². The molecule has 0 fully saturated rings. The Hall–Kier alpha value is -9.46. The van der Waals surface area contributed by atoms with Crippen molar-refractivity contribution in [2.75, 3.05) is 113 Å². The van der Waals surface area contributed by atoms with Crippen LogP contribution in [0.15, 0.2) is 24.3 Å². The lowest BCUT2D eigenvalue weighted by molar-refractivity contribution is -0.135. The second-order valence-corrected chi connectivity index (χ2v) is 19.5. The molecule has 14 N–H and O–H groups in total. The number of likely N-dealkylation sites (N-methyl/N-ethyl adjacent to an activating group) is 9. The molecule has 0 aliphatic carbocycles. The van der Waals surface area contributed by atoms with Crippen molar-refractivity contribution in [2.24, 2.45) is 23.1 Å². The molecule has 1 rings (SSSR count). The molecule has 0 saturated heterocycles. The Morgan fingerprint density at radius 3 is 1.15 bits per heavy atom. The minimum Gasteiger partial charge on any atom is -0.440 e. The molecule has 33 nitrogen and oxygen atoms in total. The van der Waals surface area contributed by atoms with E-state index in [0.717, 1.165) is 0 Å². The molecule has 0 radical (unpaired) electrons. The average molecular weight is 1320 g/mol. The van der Waals surface area contributed by atoms with Gasteiger partial charge in [0.25, 0.3) is 0 Å². The highest BCUT2D eigenvalue weighted by atomic mass is 16.6. The Labute approximate surface area is 544 Å². The fraction of sp³-hybridized carbons (Fsp3) is 0.627. The first-order valence-electron chi connectivity index (χ1n) is 29.7. The van der Waals surface area contributed by atoms with Crippen molar-refractivity contribution in [3.63, 3.8) is 0 Å². The summed E-state index contributed by atoms with van der Waals surface area (Å²) < 4.78 is 5.05. The molecule has 33 heteroatoms. The number of primary amides is 3. The molecule has 0 aliphatic heterocycles. The second-order valence-electron chi connectivity index (χ2n) is 19.5. The van der Waals surface area contributed by atoms with Gasteiger partial charge in [-0.25, -0.2) is 4.79 Å². The normalized spacial score (nSPS) is 9.35. The van der Waals surface area contributed by atoms with Gasteiger partial charge in [-0.1, -0.05) is 60.1 Å². The summed E-state index contributed by atoms with van der Waals surface area (Å²) in [5.41, 5.74) is 15.4. The minimum atomic E-state index is -1.01. The predicted molar refractivity (Wildman–Crippen MR) is 351 cm³/mol. The van der Waals surface area contributed by atoms with Crippen LogP contribution in [0.4, 0.5) is 10.5 Å². The SMILES string of the molecule is CC.CC(C)CC(=O)NC(C)C.CC(N)=O.CCC.CCNC(=O)CN(C)C(=O)CNC(=O)CCCC(=O)NCC(OC(N)=O)c1ccc(NC=O)cc1.CCNC(=O)CN(C)C=O.CCNC(=O)CN(C)C=O.CCNC(=O)CN(C)C=O.CN(C=O)CC(N)=O. The summed E-state index contributed by atoms with van der Waals surface area (Å²) in [6, 6.07) is 6.70. The molecular formula is C59H112N16O17. The molecule has 1 aromatic rings. The van der Waals surface area contributed by atoms with Crippen molar-refractivity contribution in [1.82, 2.24) is 61.7 Å². The van der Waals surface area contributed by atoms with Gasteiger partial charge in [-0.15, -0.1) is 0 Å². The van der Waals surface area contributed by atoms with Crippen LogP contribution >= 0.6 is 0 Å². The van der Waals surface area contributed by atoms with E-state index in [1.54, 1.807) is 52.3 Å². The largest absolute Gasteiger partial charge is 0.440 e. The van der Waals surface area contributed by atoms with Crippen LogP contribution in [0, 0.1) is 5.92 Å².